The minimum Gasteiger partial charge on any atom is -0.0843 e. The highest BCUT2D eigenvalue weighted by Crippen LogP contribution is 2.63. The van der Waals surface area contributed by atoms with Gasteiger partial charge in [-0.2, -0.15) is 0 Å². The lowest BCUT2D eigenvalue weighted by atomic mass is 9.70. The lowest BCUT2D eigenvalue weighted by Crippen LogP contribution is -2.26. The quantitative estimate of drug-likeness (QED) is 0.225. The predicted octanol–water partition coefficient (Wildman–Crippen LogP) is 7.75. The highest BCUT2D eigenvalue weighted by molar-refractivity contribution is 9.10. The van der Waals surface area contributed by atoms with E-state index in [-0.39, 0.29) is 5.41 Å². The first-order valence-corrected chi connectivity index (χ1v) is 10.6. The number of aryl methyl sites for hydroxylation is 1. The summed E-state index contributed by atoms with van der Waals surface area (Å²) in [5.74, 6) is 0. The first-order valence-electron chi connectivity index (χ1n) is 9.43. The van der Waals surface area contributed by atoms with Gasteiger partial charge < -0.3 is 0 Å². The zero-order valence-electron chi connectivity index (χ0n) is 15.3. The minimum absolute atomic E-state index is 0.322. The molecule has 0 aliphatic heterocycles. The van der Waals surface area contributed by atoms with Gasteiger partial charge in [0.05, 0.1) is 5.41 Å². The van der Waals surface area contributed by atoms with E-state index in [1.165, 1.54) is 50.1 Å². The van der Waals surface area contributed by atoms with Crippen molar-refractivity contribution in [1.82, 2.24) is 0 Å². The number of benzene rings is 4. The summed E-state index contributed by atoms with van der Waals surface area (Å²) in [7, 11) is 0. The summed E-state index contributed by atoms with van der Waals surface area (Å²) in [5, 5.41) is 0.778. The fourth-order valence-corrected chi connectivity index (χ4v) is 6.03. The van der Waals surface area contributed by atoms with E-state index in [4.69, 9.17) is 11.6 Å². The van der Waals surface area contributed by atoms with Crippen molar-refractivity contribution in [2.75, 3.05) is 0 Å². The summed E-state index contributed by atoms with van der Waals surface area (Å²) >= 11 is 10.4. The Bertz CT molecular complexity index is 1300. The van der Waals surface area contributed by atoms with Crippen LogP contribution in [0.5, 0.6) is 0 Å². The van der Waals surface area contributed by atoms with Gasteiger partial charge in [0, 0.05) is 15.1 Å². The molecule has 1 unspecified atom stereocenters. The van der Waals surface area contributed by atoms with Crippen molar-refractivity contribution >= 4 is 27.5 Å². The predicted molar refractivity (Wildman–Crippen MR) is 120 cm³/mol. The highest BCUT2D eigenvalue weighted by atomic mass is 79.9. The smallest absolute Gasteiger partial charge is 0.0726 e. The molecule has 0 N–H and O–H groups in total. The molecular weight excluding hydrogens is 428 g/mol. The van der Waals surface area contributed by atoms with Crippen molar-refractivity contribution in [3.05, 3.63) is 116 Å². The third kappa shape index (κ3) is 1.87. The minimum atomic E-state index is -0.322. The van der Waals surface area contributed by atoms with Crippen LogP contribution in [0.1, 0.15) is 27.8 Å². The second-order valence-electron chi connectivity index (χ2n) is 7.70. The van der Waals surface area contributed by atoms with Gasteiger partial charge in [0.2, 0.25) is 0 Å². The second kappa shape index (κ2) is 5.59. The molecule has 4 aromatic rings. The molecule has 0 bridgehead atoms. The molecule has 0 heterocycles. The summed E-state index contributed by atoms with van der Waals surface area (Å²) in [5.41, 5.74) is 11.4. The molecule has 2 aliphatic rings. The largest absolute Gasteiger partial charge is 0.0843 e. The van der Waals surface area contributed by atoms with Crippen LogP contribution in [-0.2, 0) is 5.41 Å². The summed E-state index contributed by atoms with van der Waals surface area (Å²) in [4.78, 5) is 0. The third-order valence-corrected chi connectivity index (χ3v) is 7.17. The number of halogens is 2. The number of rotatable bonds is 0. The number of fused-ring (bicyclic) bond motifs is 10. The van der Waals surface area contributed by atoms with E-state index in [9.17, 15) is 0 Å². The molecule has 0 saturated carbocycles. The van der Waals surface area contributed by atoms with Gasteiger partial charge in [0.25, 0.3) is 0 Å². The van der Waals surface area contributed by atoms with E-state index in [1.54, 1.807) is 0 Å². The average molecular weight is 444 g/mol. The third-order valence-electron chi connectivity index (χ3n) is 6.27. The van der Waals surface area contributed by atoms with Gasteiger partial charge in [-0.05, 0) is 64.1 Å². The van der Waals surface area contributed by atoms with Crippen LogP contribution in [0.15, 0.2) is 83.3 Å². The first-order chi connectivity index (χ1) is 13.6. The maximum atomic E-state index is 6.54. The molecule has 134 valence electrons. The van der Waals surface area contributed by atoms with Crippen molar-refractivity contribution in [3.63, 3.8) is 0 Å². The van der Waals surface area contributed by atoms with E-state index in [2.05, 4.69) is 95.7 Å². The standard InChI is InChI=1S/C26H16BrCl/c1-15-9-11-18-17-5-2-3-6-20(17)26(22(18)13-15)21-7-4-8-24(27)25(21)19-12-10-16(28)14-23(19)26/h2-14H,1H3. The van der Waals surface area contributed by atoms with Gasteiger partial charge in [-0.25, -0.2) is 0 Å². The van der Waals surface area contributed by atoms with Crippen LogP contribution in [0.3, 0.4) is 0 Å². The Morgan fingerprint density at radius 2 is 1.39 bits per heavy atom. The molecular formula is C26H16BrCl. The second-order valence-corrected chi connectivity index (χ2v) is 8.99. The summed E-state index contributed by atoms with van der Waals surface area (Å²) in [6.45, 7) is 2.17. The van der Waals surface area contributed by atoms with E-state index in [0.29, 0.717) is 0 Å². The molecule has 0 amide bonds. The summed E-state index contributed by atoms with van der Waals surface area (Å²) in [6.07, 6.45) is 0. The maximum Gasteiger partial charge on any atom is 0.0726 e. The Morgan fingerprint density at radius 3 is 2.29 bits per heavy atom. The maximum absolute atomic E-state index is 6.54. The molecule has 2 aliphatic carbocycles. The number of hydrogen-bond donors (Lipinski definition) is 0. The van der Waals surface area contributed by atoms with Gasteiger partial charge in [-0.15, -0.1) is 0 Å². The molecule has 0 radical (unpaired) electrons. The van der Waals surface area contributed by atoms with Crippen molar-refractivity contribution < 1.29 is 0 Å². The van der Waals surface area contributed by atoms with Gasteiger partial charge in [0.15, 0.2) is 0 Å². The fourth-order valence-electron chi connectivity index (χ4n) is 5.27. The van der Waals surface area contributed by atoms with Crippen molar-refractivity contribution in [2.45, 2.75) is 12.3 Å². The molecule has 0 aromatic heterocycles. The fraction of sp³-hybridized carbons (Fsp3) is 0.0769. The number of hydrogen-bond acceptors (Lipinski definition) is 0. The Balaban J connectivity index is 1.89. The molecule has 0 nitrogen and oxygen atoms in total. The van der Waals surface area contributed by atoms with Crippen LogP contribution >= 0.6 is 27.5 Å². The van der Waals surface area contributed by atoms with Crippen LogP contribution in [0.2, 0.25) is 5.02 Å². The lowest BCUT2D eigenvalue weighted by molar-refractivity contribution is 0.792. The van der Waals surface area contributed by atoms with Gasteiger partial charge in [-0.1, -0.05) is 93.8 Å². The van der Waals surface area contributed by atoms with E-state index in [1.807, 2.05) is 6.07 Å². The van der Waals surface area contributed by atoms with Crippen LogP contribution in [0.4, 0.5) is 0 Å². The van der Waals surface area contributed by atoms with Gasteiger partial charge in [-0.3, -0.25) is 0 Å². The van der Waals surface area contributed by atoms with E-state index in [0.717, 1.165) is 9.50 Å². The van der Waals surface area contributed by atoms with E-state index < -0.39 is 0 Å². The molecule has 0 fully saturated rings. The highest BCUT2D eigenvalue weighted by Gasteiger charge is 2.52. The normalized spacial score (nSPS) is 18.0. The monoisotopic (exact) mass is 442 g/mol. The SMILES string of the molecule is Cc1ccc2c(c1)C1(c3ccccc3-2)c2cc(Cl)ccc2-c2c(Br)cccc21. The van der Waals surface area contributed by atoms with Gasteiger partial charge in [0.1, 0.15) is 0 Å². The zero-order chi connectivity index (χ0) is 19.0. The molecule has 4 aromatic carbocycles. The van der Waals surface area contributed by atoms with Crippen molar-refractivity contribution in [2.24, 2.45) is 0 Å². The summed E-state index contributed by atoms with van der Waals surface area (Å²) < 4.78 is 1.13. The molecule has 6 rings (SSSR count). The van der Waals surface area contributed by atoms with Crippen LogP contribution in [0.25, 0.3) is 22.3 Å². The van der Waals surface area contributed by atoms with Crippen molar-refractivity contribution in [1.29, 1.82) is 0 Å². The Kier molecular flexibility index (Phi) is 3.31. The zero-order valence-corrected chi connectivity index (χ0v) is 17.6. The van der Waals surface area contributed by atoms with Crippen LogP contribution < -0.4 is 0 Å². The lowest BCUT2D eigenvalue weighted by Gasteiger charge is -2.30. The van der Waals surface area contributed by atoms with Gasteiger partial charge >= 0.3 is 0 Å². The molecule has 28 heavy (non-hydrogen) atoms. The van der Waals surface area contributed by atoms with E-state index >= 15 is 0 Å². The molecule has 1 spiro atoms. The Morgan fingerprint density at radius 1 is 0.679 bits per heavy atom. The average Bonchev–Trinajstić information content (AvgIpc) is 3.15. The molecule has 2 heteroatoms. The van der Waals surface area contributed by atoms with Crippen LogP contribution in [-0.4, -0.2) is 0 Å². The van der Waals surface area contributed by atoms with Crippen molar-refractivity contribution in [3.8, 4) is 22.3 Å². The molecule has 1 atom stereocenters. The molecule has 0 saturated heterocycles. The Hall–Kier alpha value is -2.35. The summed E-state index contributed by atoms with van der Waals surface area (Å²) in [6, 6.07) is 28.6. The van der Waals surface area contributed by atoms with Crippen LogP contribution in [0, 0.1) is 6.92 Å². The first kappa shape index (κ1) is 16.6. The topological polar surface area (TPSA) is 0 Å². The Labute approximate surface area is 177 Å².